The first kappa shape index (κ1) is 21.8. The second-order valence-electron chi connectivity index (χ2n) is 7.57. The Bertz CT molecular complexity index is 506. The number of likely N-dealkylation sites (tertiary alicyclic amines) is 1. The zero-order valence-corrected chi connectivity index (χ0v) is 16.5. The summed E-state index contributed by atoms with van der Waals surface area (Å²) in [6, 6.07) is -0.388. The van der Waals surface area contributed by atoms with Gasteiger partial charge in [0.25, 0.3) is 0 Å². The minimum atomic E-state index is -0.549. The van der Waals surface area contributed by atoms with E-state index < -0.39 is 6.10 Å². The Hall–Kier alpha value is -1.48. The van der Waals surface area contributed by atoms with Crippen molar-refractivity contribution in [2.24, 2.45) is 0 Å². The molecule has 0 spiro atoms. The van der Waals surface area contributed by atoms with Crippen LogP contribution in [0.15, 0.2) is 12.2 Å². The zero-order chi connectivity index (χ0) is 19.6. The third-order valence-electron chi connectivity index (χ3n) is 4.84. The third kappa shape index (κ3) is 7.96. The van der Waals surface area contributed by atoms with Gasteiger partial charge >= 0.3 is 0 Å². The number of piperidine rings is 1. The molecule has 2 aliphatic heterocycles. The van der Waals surface area contributed by atoms with E-state index in [0.29, 0.717) is 6.54 Å². The van der Waals surface area contributed by atoms with Crippen molar-refractivity contribution in [1.29, 1.82) is 0 Å². The lowest BCUT2D eigenvalue weighted by Crippen LogP contribution is -2.50. The molecule has 2 amide bonds. The summed E-state index contributed by atoms with van der Waals surface area (Å²) in [6.07, 6.45) is 6.65. The maximum Gasteiger partial charge on any atom is 0.234 e. The number of hydrogen-bond acceptors (Lipinski definition) is 6. The molecule has 0 unspecified atom stereocenters. The molecule has 0 saturated carbocycles. The Morgan fingerprint density at radius 3 is 2.59 bits per heavy atom. The van der Waals surface area contributed by atoms with Crippen molar-refractivity contribution in [3.63, 3.8) is 0 Å². The smallest absolute Gasteiger partial charge is 0.234 e. The number of ether oxygens (including phenoxy) is 1. The van der Waals surface area contributed by atoms with Crippen LogP contribution in [-0.4, -0.2) is 98.4 Å². The van der Waals surface area contributed by atoms with Crippen molar-refractivity contribution in [1.82, 2.24) is 20.4 Å². The van der Waals surface area contributed by atoms with Gasteiger partial charge in [-0.1, -0.05) is 18.6 Å². The first-order valence-electron chi connectivity index (χ1n) is 9.85. The van der Waals surface area contributed by atoms with Gasteiger partial charge in [0.05, 0.1) is 31.7 Å². The van der Waals surface area contributed by atoms with Gasteiger partial charge in [-0.3, -0.25) is 9.59 Å². The van der Waals surface area contributed by atoms with E-state index in [1.54, 1.807) is 11.0 Å². The van der Waals surface area contributed by atoms with Gasteiger partial charge in [-0.2, -0.15) is 0 Å². The van der Waals surface area contributed by atoms with Crippen molar-refractivity contribution in [3.8, 4) is 0 Å². The number of carbonyl (C=O) groups excluding carboxylic acids is 2. The second kappa shape index (κ2) is 11.4. The number of amides is 2. The molecule has 2 rings (SSSR count). The van der Waals surface area contributed by atoms with Crippen molar-refractivity contribution in [2.45, 2.75) is 43.9 Å². The van der Waals surface area contributed by atoms with Crippen LogP contribution in [0.1, 0.15) is 25.7 Å². The molecule has 27 heavy (non-hydrogen) atoms. The number of aliphatic hydroxyl groups excluding tert-OH is 1. The average Bonchev–Trinajstić information content (AvgIpc) is 2.63. The number of nitrogens with zero attached hydrogens (tertiary/aromatic N) is 2. The summed E-state index contributed by atoms with van der Waals surface area (Å²) in [4.78, 5) is 28.2. The van der Waals surface area contributed by atoms with Crippen molar-refractivity contribution in [2.75, 3.05) is 53.4 Å². The molecule has 154 valence electrons. The minimum absolute atomic E-state index is 0.0616. The Kier molecular flexibility index (Phi) is 9.20. The fourth-order valence-electron chi connectivity index (χ4n) is 3.45. The molecule has 1 saturated heterocycles. The molecule has 3 N–H and O–H groups in total. The van der Waals surface area contributed by atoms with E-state index in [-0.39, 0.29) is 43.5 Å². The molecule has 0 aliphatic carbocycles. The van der Waals surface area contributed by atoms with Gasteiger partial charge in [-0.15, -0.1) is 0 Å². The van der Waals surface area contributed by atoms with Crippen LogP contribution in [-0.2, 0) is 14.3 Å². The first-order chi connectivity index (χ1) is 13.0. The molecule has 0 aromatic carbocycles. The minimum Gasteiger partial charge on any atom is -0.394 e. The molecule has 2 aliphatic rings. The number of likely N-dealkylation sites (N-methyl/N-ethyl adjacent to an activating group) is 1. The fourth-order valence-corrected chi connectivity index (χ4v) is 3.45. The lowest BCUT2D eigenvalue weighted by molar-refractivity contribution is -0.128. The van der Waals surface area contributed by atoms with E-state index in [1.807, 2.05) is 20.2 Å². The van der Waals surface area contributed by atoms with Crippen LogP contribution < -0.4 is 10.6 Å². The van der Waals surface area contributed by atoms with Gasteiger partial charge in [0.1, 0.15) is 6.10 Å². The average molecular weight is 383 g/mol. The van der Waals surface area contributed by atoms with E-state index >= 15 is 0 Å². The normalized spacial score (nSPS) is 26.1. The van der Waals surface area contributed by atoms with Gasteiger partial charge < -0.3 is 30.3 Å². The van der Waals surface area contributed by atoms with Crippen molar-refractivity contribution in [3.05, 3.63) is 12.2 Å². The number of hydrogen-bond donors (Lipinski definition) is 3. The summed E-state index contributed by atoms with van der Waals surface area (Å²) in [5, 5.41) is 15.3. The summed E-state index contributed by atoms with van der Waals surface area (Å²) in [6.45, 7) is 3.80. The lowest BCUT2D eigenvalue weighted by Gasteiger charge is -2.32. The van der Waals surface area contributed by atoms with Crippen LogP contribution in [0.25, 0.3) is 0 Å². The van der Waals surface area contributed by atoms with Gasteiger partial charge in [0.2, 0.25) is 11.8 Å². The van der Waals surface area contributed by atoms with Crippen LogP contribution in [0.4, 0.5) is 0 Å². The highest BCUT2D eigenvalue weighted by atomic mass is 16.5. The standard InChI is InChI=1S/C19H34N4O4/c1-22(2)13-19(26)21-16-7-6-15(27-17(16)14-24)12-18(25)20-8-11-23-9-4-3-5-10-23/h6-7,15-17,24H,3-5,8-14H2,1-2H3,(H,20,25)(H,21,26)/t15-,16-,17-/m0/s1. The van der Waals surface area contributed by atoms with Crippen molar-refractivity contribution >= 4 is 11.8 Å². The molecule has 2 heterocycles. The Balaban J connectivity index is 1.72. The van der Waals surface area contributed by atoms with Gasteiger partial charge in [0.15, 0.2) is 0 Å². The van der Waals surface area contributed by atoms with Crippen LogP contribution >= 0.6 is 0 Å². The highest BCUT2D eigenvalue weighted by molar-refractivity contribution is 5.78. The molecule has 8 heteroatoms. The van der Waals surface area contributed by atoms with E-state index in [1.165, 1.54) is 19.3 Å². The molecular weight excluding hydrogens is 348 g/mol. The molecule has 0 aromatic rings. The SMILES string of the molecule is CN(C)CC(=O)N[C@H]1C=C[C@@H](CC(=O)NCCN2CCCCC2)O[C@H]1CO. The molecule has 0 aromatic heterocycles. The maximum absolute atomic E-state index is 12.1. The first-order valence-corrected chi connectivity index (χ1v) is 9.85. The Labute approximate surface area is 161 Å². The van der Waals surface area contributed by atoms with E-state index in [2.05, 4.69) is 15.5 Å². The third-order valence-corrected chi connectivity index (χ3v) is 4.84. The number of carbonyl (C=O) groups is 2. The molecule has 8 nitrogen and oxygen atoms in total. The summed E-state index contributed by atoms with van der Waals surface area (Å²) in [5.74, 6) is -0.195. The van der Waals surface area contributed by atoms with E-state index in [9.17, 15) is 14.7 Å². The summed E-state index contributed by atoms with van der Waals surface area (Å²) < 4.78 is 5.78. The van der Waals surface area contributed by atoms with E-state index in [0.717, 1.165) is 19.6 Å². The summed E-state index contributed by atoms with van der Waals surface area (Å²) >= 11 is 0. The highest BCUT2D eigenvalue weighted by Crippen LogP contribution is 2.15. The zero-order valence-electron chi connectivity index (χ0n) is 16.5. The van der Waals surface area contributed by atoms with Crippen molar-refractivity contribution < 1.29 is 19.4 Å². The van der Waals surface area contributed by atoms with Gasteiger partial charge in [0, 0.05) is 13.1 Å². The van der Waals surface area contributed by atoms with Gasteiger partial charge in [-0.25, -0.2) is 0 Å². The topological polar surface area (TPSA) is 94.1 Å². The molecule has 1 fully saturated rings. The molecule has 3 atom stereocenters. The Morgan fingerprint density at radius 2 is 1.93 bits per heavy atom. The van der Waals surface area contributed by atoms with Crippen LogP contribution in [0, 0.1) is 0 Å². The molecule has 0 bridgehead atoms. The Morgan fingerprint density at radius 1 is 1.19 bits per heavy atom. The fraction of sp³-hybridized carbons (Fsp3) is 0.789. The predicted molar refractivity (Wildman–Crippen MR) is 103 cm³/mol. The summed E-state index contributed by atoms with van der Waals surface area (Å²) in [7, 11) is 3.63. The number of aliphatic hydroxyl groups is 1. The largest absolute Gasteiger partial charge is 0.394 e. The molecular formula is C19H34N4O4. The maximum atomic E-state index is 12.1. The van der Waals surface area contributed by atoms with E-state index in [4.69, 9.17) is 4.74 Å². The summed E-state index contributed by atoms with van der Waals surface area (Å²) in [5.41, 5.74) is 0. The lowest BCUT2D eigenvalue weighted by atomic mass is 10.0. The van der Waals surface area contributed by atoms with Gasteiger partial charge in [-0.05, 0) is 40.0 Å². The molecule has 0 radical (unpaired) electrons. The number of nitrogens with one attached hydrogen (secondary N) is 2. The van der Waals surface area contributed by atoms with Crippen LogP contribution in [0.3, 0.4) is 0 Å². The predicted octanol–water partition coefficient (Wildman–Crippen LogP) is -0.659. The monoisotopic (exact) mass is 382 g/mol. The quantitative estimate of drug-likeness (QED) is 0.459. The second-order valence-corrected chi connectivity index (χ2v) is 7.57. The number of rotatable bonds is 9. The van der Waals surface area contributed by atoms with Crippen LogP contribution in [0.2, 0.25) is 0 Å². The van der Waals surface area contributed by atoms with Crippen LogP contribution in [0.5, 0.6) is 0 Å². The highest BCUT2D eigenvalue weighted by Gasteiger charge is 2.29.